The van der Waals surface area contributed by atoms with Crippen LogP contribution in [0.3, 0.4) is 0 Å². The number of H-pyrrole nitrogens is 2. The molecule has 3 unspecified atom stereocenters. The molecule has 0 aliphatic carbocycles. The Balaban J connectivity index is 2.15. The highest BCUT2D eigenvalue weighted by Crippen LogP contribution is 2.43. The first-order valence-corrected chi connectivity index (χ1v) is 10.7. The fourth-order valence-electron chi connectivity index (χ4n) is 3.11. The van der Waals surface area contributed by atoms with Gasteiger partial charge in [-0.05, 0) is 36.1 Å². The van der Waals surface area contributed by atoms with Crippen molar-refractivity contribution >= 4 is 35.5 Å². The van der Waals surface area contributed by atoms with Gasteiger partial charge in [0.25, 0.3) is 0 Å². The summed E-state index contributed by atoms with van der Waals surface area (Å²) in [5, 5.41) is 28.3. The number of ether oxygens (including phenoxy) is 2. The third-order valence-electron chi connectivity index (χ3n) is 4.67. The number of aromatic amines is 2. The molecule has 29 heavy (non-hydrogen) atoms. The Morgan fingerprint density at radius 2 is 1.76 bits per heavy atom. The van der Waals surface area contributed by atoms with E-state index in [9.17, 15) is 9.59 Å². The van der Waals surface area contributed by atoms with Gasteiger partial charge in [0.1, 0.15) is 0 Å². The van der Waals surface area contributed by atoms with Crippen molar-refractivity contribution in [2.45, 2.75) is 48.7 Å². The Kier molecular flexibility index (Phi) is 8.82. The molecule has 2 aromatic heterocycles. The number of nitrogens with zero attached hydrogens (tertiary/aromatic N) is 6. The number of aromatic nitrogens is 8. The van der Waals surface area contributed by atoms with Gasteiger partial charge in [-0.2, -0.15) is 10.4 Å². The average molecular weight is 445 g/mol. The van der Waals surface area contributed by atoms with Crippen LogP contribution in [0, 0.1) is 11.3 Å². The van der Waals surface area contributed by atoms with Gasteiger partial charge < -0.3 is 9.47 Å². The van der Waals surface area contributed by atoms with Crippen molar-refractivity contribution in [2.75, 3.05) is 20.0 Å². The van der Waals surface area contributed by atoms with E-state index in [-0.39, 0.29) is 23.6 Å². The topological polar surface area (TPSA) is 162 Å². The fraction of sp³-hybridized carbons (Fsp3) is 0.733. The quantitative estimate of drug-likeness (QED) is 0.273. The van der Waals surface area contributed by atoms with E-state index in [4.69, 9.17) is 9.47 Å². The second-order valence-corrected chi connectivity index (χ2v) is 8.87. The largest absolute Gasteiger partial charge is 0.469 e. The first kappa shape index (κ1) is 23.1. The molecule has 0 fully saturated rings. The van der Waals surface area contributed by atoms with E-state index in [0.717, 1.165) is 0 Å². The van der Waals surface area contributed by atoms with Crippen LogP contribution in [0.15, 0.2) is 10.3 Å². The molecule has 2 heterocycles. The van der Waals surface area contributed by atoms with Crippen LogP contribution >= 0.6 is 23.5 Å². The summed E-state index contributed by atoms with van der Waals surface area (Å²) in [7, 11) is 2.67. The zero-order valence-electron chi connectivity index (χ0n) is 16.6. The summed E-state index contributed by atoms with van der Waals surface area (Å²) in [5.41, 5.74) is -0.920. The van der Waals surface area contributed by atoms with E-state index >= 15 is 0 Å². The fourth-order valence-corrected chi connectivity index (χ4v) is 4.86. The van der Waals surface area contributed by atoms with E-state index in [0.29, 0.717) is 28.9 Å². The Labute approximate surface area is 176 Å². The van der Waals surface area contributed by atoms with Gasteiger partial charge in [-0.15, -0.1) is 20.4 Å². The maximum atomic E-state index is 12.8. The Morgan fingerprint density at radius 1 is 1.10 bits per heavy atom. The zero-order valence-corrected chi connectivity index (χ0v) is 18.2. The number of methoxy groups -OCH3 is 2. The molecule has 0 saturated heterocycles. The summed E-state index contributed by atoms with van der Waals surface area (Å²) >= 11 is 2.77. The molecule has 0 saturated carbocycles. The van der Waals surface area contributed by atoms with E-state index in [1.807, 2.05) is 13.8 Å². The molecular formula is C15H24N8O4S2. The van der Waals surface area contributed by atoms with Crippen molar-refractivity contribution in [3.05, 3.63) is 0 Å². The van der Waals surface area contributed by atoms with Gasteiger partial charge in [-0.3, -0.25) is 9.59 Å². The molecule has 0 radical (unpaired) electrons. The number of thioether (sulfide) groups is 2. The van der Waals surface area contributed by atoms with Gasteiger partial charge in [-0.25, -0.2) is 0 Å². The highest BCUT2D eigenvalue weighted by atomic mass is 32.2. The van der Waals surface area contributed by atoms with Crippen LogP contribution in [-0.2, 0) is 19.1 Å². The van der Waals surface area contributed by atoms with E-state index in [1.54, 1.807) is 0 Å². The van der Waals surface area contributed by atoms with Gasteiger partial charge in [0.05, 0.1) is 26.1 Å². The molecule has 0 spiro atoms. The first-order chi connectivity index (χ1) is 13.9. The monoisotopic (exact) mass is 444 g/mol. The predicted molar refractivity (Wildman–Crippen MR) is 104 cm³/mol. The minimum atomic E-state index is -0.920. The molecule has 0 aliphatic rings. The van der Waals surface area contributed by atoms with Gasteiger partial charge in [-0.1, -0.05) is 30.4 Å². The summed E-state index contributed by atoms with van der Waals surface area (Å²) in [5.74, 6) is -0.465. The summed E-state index contributed by atoms with van der Waals surface area (Å²) in [4.78, 5) is 24.9. The van der Waals surface area contributed by atoms with E-state index in [1.165, 1.54) is 37.7 Å². The molecule has 0 amide bonds. The van der Waals surface area contributed by atoms with Crippen LogP contribution in [0.2, 0.25) is 0 Å². The lowest BCUT2D eigenvalue weighted by Crippen LogP contribution is -2.42. The molecule has 0 aromatic carbocycles. The SMILES string of the molecule is COC(=O)CC(C(C)Sc1nn[nH]n1)C(C)(CCCSc1nn[nH]n1)C(=O)OC. The van der Waals surface area contributed by atoms with Crippen molar-refractivity contribution in [3.63, 3.8) is 0 Å². The number of carbonyl (C=O) groups excluding carboxylic acids is 2. The minimum absolute atomic E-state index is 0.0616. The van der Waals surface area contributed by atoms with Gasteiger partial charge in [0.2, 0.25) is 10.3 Å². The molecule has 0 aliphatic heterocycles. The summed E-state index contributed by atoms with van der Waals surface area (Å²) < 4.78 is 9.97. The van der Waals surface area contributed by atoms with Crippen LogP contribution in [0.4, 0.5) is 0 Å². The second kappa shape index (κ2) is 11.1. The molecule has 2 rings (SSSR count). The highest BCUT2D eigenvalue weighted by molar-refractivity contribution is 7.99. The summed E-state index contributed by atoms with van der Waals surface area (Å²) in [6, 6.07) is 0. The van der Waals surface area contributed by atoms with Crippen molar-refractivity contribution in [1.82, 2.24) is 41.2 Å². The maximum absolute atomic E-state index is 12.8. The van der Waals surface area contributed by atoms with E-state index in [2.05, 4.69) is 41.2 Å². The number of nitrogens with one attached hydrogen (secondary N) is 2. The number of carbonyl (C=O) groups is 2. The molecule has 160 valence electrons. The normalized spacial score (nSPS) is 15.3. The maximum Gasteiger partial charge on any atom is 0.311 e. The lowest BCUT2D eigenvalue weighted by atomic mass is 9.70. The number of hydrogen-bond donors (Lipinski definition) is 2. The number of hydrogen-bond acceptors (Lipinski definition) is 12. The Morgan fingerprint density at radius 3 is 2.31 bits per heavy atom. The van der Waals surface area contributed by atoms with Crippen molar-refractivity contribution in [2.24, 2.45) is 11.3 Å². The zero-order chi connectivity index (χ0) is 21.3. The predicted octanol–water partition coefficient (Wildman–Crippen LogP) is 1.12. The van der Waals surface area contributed by atoms with Gasteiger partial charge in [0, 0.05) is 11.0 Å². The summed E-state index contributed by atoms with van der Waals surface area (Å²) in [6.07, 6.45) is 1.25. The van der Waals surface area contributed by atoms with Crippen LogP contribution in [0.5, 0.6) is 0 Å². The molecule has 2 N–H and O–H groups in total. The van der Waals surface area contributed by atoms with Crippen LogP contribution in [0.25, 0.3) is 0 Å². The molecular weight excluding hydrogens is 420 g/mol. The molecule has 3 atom stereocenters. The molecule has 2 aromatic rings. The second-order valence-electron chi connectivity index (χ2n) is 6.46. The highest BCUT2D eigenvalue weighted by Gasteiger charge is 2.46. The molecule has 14 heteroatoms. The third-order valence-corrected chi connectivity index (χ3v) is 6.67. The third kappa shape index (κ3) is 6.39. The standard InChI is InChI=1S/C15H24N8O4S2/c1-9(29-14-18-22-23-19-14)10(8-11(24)26-3)15(2,12(25)27-4)6-5-7-28-13-16-20-21-17-13/h9-10H,5-8H2,1-4H3,(H,16,17,20,21)(H,18,19,22,23). The van der Waals surface area contributed by atoms with E-state index < -0.39 is 11.4 Å². The van der Waals surface area contributed by atoms with Crippen molar-refractivity contribution in [1.29, 1.82) is 0 Å². The van der Waals surface area contributed by atoms with Crippen molar-refractivity contribution < 1.29 is 19.1 Å². The molecule has 0 bridgehead atoms. The molecule has 12 nitrogen and oxygen atoms in total. The Bertz CT molecular complexity index is 760. The number of esters is 2. The van der Waals surface area contributed by atoms with Crippen LogP contribution in [-0.4, -0.2) is 78.4 Å². The lowest BCUT2D eigenvalue weighted by molar-refractivity contribution is -0.157. The minimum Gasteiger partial charge on any atom is -0.469 e. The van der Waals surface area contributed by atoms with Gasteiger partial charge >= 0.3 is 11.9 Å². The first-order valence-electron chi connectivity index (χ1n) is 8.82. The van der Waals surface area contributed by atoms with Crippen LogP contribution in [0.1, 0.15) is 33.1 Å². The number of rotatable bonds is 12. The Hall–Kier alpha value is -2.22. The van der Waals surface area contributed by atoms with Gasteiger partial charge in [0.15, 0.2) is 0 Å². The average Bonchev–Trinajstić information content (AvgIpc) is 3.42. The van der Waals surface area contributed by atoms with Crippen molar-refractivity contribution in [3.8, 4) is 0 Å². The smallest absolute Gasteiger partial charge is 0.311 e. The summed E-state index contributed by atoms with van der Waals surface area (Å²) in [6.45, 7) is 3.74. The number of tetrazole rings is 2. The van der Waals surface area contributed by atoms with Crippen LogP contribution < -0.4 is 0 Å². The lowest BCUT2D eigenvalue weighted by Gasteiger charge is -2.37.